The van der Waals surface area contributed by atoms with Gasteiger partial charge in [-0.3, -0.25) is 9.59 Å². The summed E-state index contributed by atoms with van der Waals surface area (Å²) < 4.78 is 0. The molecule has 0 fully saturated rings. The predicted octanol–water partition coefficient (Wildman–Crippen LogP) is 5.69. The van der Waals surface area contributed by atoms with Gasteiger partial charge in [-0.25, -0.2) is 0 Å². The Hall–Kier alpha value is -1.46. The molecule has 2 aromatic rings. The van der Waals surface area contributed by atoms with Crippen LogP contribution in [0, 0.1) is 5.92 Å². The third-order valence-electron chi connectivity index (χ3n) is 3.60. The zero-order valence-corrected chi connectivity index (χ0v) is 17.0. The first-order valence-corrected chi connectivity index (χ1v) is 9.22. The van der Waals surface area contributed by atoms with E-state index in [-0.39, 0.29) is 16.5 Å². The van der Waals surface area contributed by atoms with Crippen LogP contribution in [0.3, 0.4) is 0 Å². The third-order valence-corrected chi connectivity index (χ3v) is 4.71. The SMILES string of the molecule is CC(C)C(NC(=O)c1ccc(Cl)cc1Cl)C(=O)Nc1cc(Cl)ccc1Cl. The first-order valence-electron chi connectivity index (χ1n) is 7.71. The highest BCUT2D eigenvalue weighted by Gasteiger charge is 2.26. The second kappa shape index (κ2) is 8.96. The lowest BCUT2D eigenvalue weighted by atomic mass is 10.0. The van der Waals surface area contributed by atoms with E-state index in [9.17, 15) is 9.59 Å². The molecule has 2 amide bonds. The molecule has 0 aromatic heterocycles. The fourth-order valence-electron chi connectivity index (χ4n) is 2.23. The molecule has 0 aliphatic carbocycles. The minimum atomic E-state index is -0.802. The molecule has 138 valence electrons. The summed E-state index contributed by atoms with van der Waals surface area (Å²) in [6, 6.07) is 8.46. The van der Waals surface area contributed by atoms with Gasteiger partial charge in [-0.2, -0.15) is 0 Å². The molecule has 0 aliphatic heterocycles. The van der Waals surface area contributed by atoms with Crippen molar-refractivity contribution in [1.29, 1.82) is 0 Å². The number of anilines is 1. The van der Waals surface area contributed by atoms with Gasteiger partial charge in [0.15, 0.2) is 0 Å². The van der Waals surface area contributed by atoms with Gasteiger partial charge in [0.25, 0.3) is 5.91 Å². The summed E-state index contributed by atoms with van der Waals surface area (Å²) in [6.45, 7) is 3.63. The zero-order valence-electron chi connectivity index (χ0n) is 13.9. The molecule has 26 heavy (non-hydrogen) atoms. The van der Waals surface area contributed by atoms with E-state index in [0.29, 0.717) is 20.8 Å². The van der Waals surface area contributed by atoms with Crippen LogP contribution in [-0.2, 0) is 4.79 Å². The van der Waals surface area contributed by atoms with Gasteiger partial charge in [0.1, 0.15) is 6.04 Å². The van der Waals surface area contributed by atoms with Crippen molar-refractivity contribution in [2.45, 2.75) is 19.9 Å². The molecule has 2 aromatic carbocycles. The van der Waals surface area contributed by atoms with Crippen LogP contribution in [0.25, 0.3) is 0 Å². The molecule has 1 unspecified atom stereocenters. The van der Waals surface area contributed by atoms with Crippen LogP contribution in [0.1, 0.15) is 24.2 Å². The van der Waals surface area contributed by atoms with Crippen molar-refractivity contribution in [1.82, 2.24) is 5.32 Å². The van der Waals surface area contributed by atoms with E-state index in [2.05, 4.69) is 10.6 Å². The van der Waals surface area contributed by atoms with E-state index in [1.54, 1.807) is 18.2 Å². The average Bonchev–Trinajstić information content (AvgIpc) is 2.55. The van der Waals surface area contributed by atoms with Crippen molar-refractivity contribution >= 4 is 63.9 Å². The Balaban J connectivity index is 2.18. The number of benzene rings is 2. The van der Waals surface area contributed by atoms with E-state index in [0.717, 1.165) is 0 Å². The van der Waals surface area contributed by atoms with Crippen molar-refractivity contribution in [3.63, 3.8) is 0 Å². The number of hydrogen-bond acceptors (Lipinski definition) is 2. The second-order valence-electron chi connectivity index (χ2n) is 5.93. The number of nitrogens with one attached hydrogen (secondary N) is 2. The highest BCUT2D eigenvalue weighted by Crippen LogP contribution is 2.26. The fourth-order valence-corrected chi connectivity index (χ4v) is 3.06. The summed E-state index contributed by atoms with van der Waals surface area (Å²) in [6.07, 6.45) is 0. The Morgan fingerprint density at radius 1 is 0.885 bits per heavy atom. The molecular formula is C18H16Cl4N2O2. The summed E-state index contributed by atoms with van der Waals surface area (Å²) in [5, 5.41) is 6.78. The molecule has 0 heterocycles. The summed E-state index contributed by atoms with van der Waals surface area (Å²) in [7, 11) is 0. The summed E-state index contributed by atoms with van der Waals surface area (Å²) >= 11 is 23.9. The highest BCUT2D eigenvalue weighted by atomic mass is 35.5. The number of hydrogen-bond donors (Lipinski definition) is 2. The van der Waals surface area contributed by atoms with Gasteiger partial charge < -0.3 is 10.6 Å². The van der Waals surface area contributed by atoms with Crippen LogP contribution in [0.4, 0.5) is 5.69 Å². The van der Waals surface area contributed by atoms with E-state index in [4.69, 9.17) is 46.4 Å². The highest BCUT2D eigenvalue weighted by molar-refractivity contribution is 6.37. The first-order chi connectivity index (χ1) is 12.2. The molecule has 0 saturated heterocycles. The molecule has 0 spiro atoms. The minimum absolute atomic E-state index is 0.178. The quantitative estimate of drug-likeness (QED) is 0.635. The summed E-state index contributed by atoms with van der Waals surface area (Å²) in [5.74, 6) is -1.07. The van der Waals surface area contributed by atoms with Gasteiger partial charge in [0.2, 0.25) is 5.91 Å². The Morgan fingerprint density at radius 3 is 2.12 bits per heavy atom. The normalized spacial score (nSPS) is 12.0. The van der Waals surface area contributed by atoms with E-state index >= 15 is 0 Å². The molecule has 0 saturated carbocycles. The minimum Gasteiger partial charge on any atom is -0.340 e. The molecule has 0 bridgehead atoms. The van der Waals surface area contributed by atoms with Gasteiger partial charge in [-0.1, -0.05) is 60.3 Å². The lowest BCUT2D eigenvalue weighted by Gasteiger charge is -2.22. The monoisotopic (exact) mass is 432 g/mol. The van der Waals surface area contributed by atoms with Gasteiger partial charge in [0.05, 0.1) is 21.3 Å². The van der Waals surface area contributed by atoms with Crippen molar-refractivity contribution in [2.75, 3.05) is 5.32 Å². The number of rotatable bonds is 5. The van der Waals surface area contributed by atoms with Gasteiger partial charge in [-0.05, 0) is 42.3 Å². The molecule has 1 atom stereocenters. The number of halogens is 4. The van der Waals surface area contributed by atoms with Gasteiger partial charge in [0, 0.05) is 10.0 Å². The molecular weight excluding hydrogens is 418 g/mol. The van der Waals surface area contributed by atoms with Gasteiger partial charge >= 0.3 is 0 Å². The van der Waals surface area contributed by atoms with Crippen LogP contribution in [0.2, 0.25) is 20.1 Å². The second-order valence-corrected chi connectivity index (χ2v) is 7.62. The maximum Gasteiger partial charge on any atom is 0.253 e. The van der Waals surface area contributed by atoms with Crippen LogP contribution in [0.5, 0.6) is 0 Å². The third kappa shape index (κ3) is 5.27. The molecule has 2 N–H and O–H groups in total. The van der Waals surface area contributed by atoms with Crippen LogP contribution in [-0.4, -0.2) is 17.9 Å². The lowest BCUT2D eigenvalue weighted by Crippen LogP contribution is -2.47. The summed E-state index contributed by atoms with van der Waals surface area (Å²) in [4.78, 5) is 25.1. The predicted molar refractivity (Wildman–Crippen MR) is 108 cm³/mol. The Morgan fingerprint density at radius 2 is 1.50 bits per heavy atom. The van der Waals surface area contributed by atoms with Crippen molar-refractivity contribution in [3.8, 4) is 0 Å². The molecule has 2 rings (SSSR count). The standard InChI is InChI=1S/C18H16Cl4N2O2/c1-9(2)16(18(26)23-15-8-11(20)4-6-13(15)21)24-17(25)12-5-3-10(19)7-14(12)22/h3-9,16H,1-2H3,(H,23,26)(H,24,25). The van der Waals surface area contributed by atoms with Gasteiger partial charge in [-0.15, -0.1) is 0 Å². The number of carbonyl (C=O) groups is 2. The van der Waals surface area contributed by atoms with Crippen molar-refractivity contribution in [3.05, 3.63) is 62.1 Å². The molecule has 8 heteroatoms. The Labute approximate surface area is 171 Å². The first kappa shape index (κ1) is 20.8. The van der Waals surface area contributed by atoms with Crippen LogP contribution >= 0.6 is 46.4 Å². The molecule has 0 aliphatic rings. The van der Waals surface area contributed by atoms with E-state index < -0.39 is 17.9 Å². The van der Waals surface area contributed by atoms with E-state index in [1.807, 2.05) is 13.8 Å². The smallest absolute Gasteiger partial charge is 0.253 e. The van der Waals surface area contributed by atoms with E-state index in [1.165, 1.54) is 18.2 Å². The topological polar surface area (TPSA) is 58.2 Å². The fraction of sp³-hybridized carbons (Fsp3) is 0.222. The van der Waals surface area contributed by atoms with Crippen LogP contribution in [0.15, 0.2) is 36.4 Å². The maximum atomic E-state index is 12.6. The Bertz CT molecular complexity index is 840. The number of carbonyl (C=O) groups excluding carboxylic acids is 2. The number of amides is 2. The van der Waals surface area contributed by atoms with Crippen molar-refractivity contribution < 1.29 is 9.59 Å². The zero-order chi connectivity index (χ0) is 19.4. The molecule has 0 radical (unpaired) electrons. The largest absolute Gasteiger partial charge is 0.340 e. The Kier molecular flexibility index (Phi) is 7.18. The maximum absolute atomic E-state index is 12.6. The summed E-state index contributed by atoms with van der Waals surface area (Å²) in [5.41, 5.74) is 0.601. The average molecular weight is 434 g/mol. The van der Waals surface area contributed by atoms with Crippen LogP contribution < -0.4 is 10.6 Å². The van der Waals surface area contributed by atoms with Crippen molar-refractivity contribution in [2.24, 2.45) is 5.92 Å². The molecule has 4 nitrogen and oxygen atoms in total. The lowest BCUT2D eigenvalue weighted by molar-refractivity contribution is -0.118.